The van der Waals surface area contributed by atoms with Gasteiger partial charge in [-0.1, -0.05) is 6.92 Å². The second-order valence-electron chi connectivity index (χ2n) is 5.42. The molecular weight excluding hydrogens is 436 g/mol. The molecule has 0 saturated carbocycles. The van der Waals surface area contributed by atoms with Crippen molar-refractivity contribution < 1.29 is 70.2 Å². The Morgan fingerprint density at radius 1 is 0.556 bits per heavy atom. The topological polar surface area (TPSA) is 0 Å². The van der Waals surface area contributed by atoms with E-state index in [1.807, 2.05) is 0 Å². The van der Waals surface area contributed by atoms with Crippen LogP contribution in [0.15, 0.2) is 0 Å². The largest absolute Gasteiger partial charge is 0.460 e. The summed E-state index contributed by atoms with van der Waals surface area (Å²) in [5.41, 5.74) is 0. The number of hydrogen-bond acceptors (Lipinski definition) is 0. The van der Waals surface area contributed by atoms with Gasteiger partial charge in [0.15, 0.2) is 6.17 Å². The molecule has 0 heterocycles. The van der Waals surface area contributed by atoms with Gasteiger partial charge < -0.3 is 0 Å². The first-order chi connectivity index (χ1) is 11.5. The fraction of sp³-hybridized carbons (Fsp3) is 1.00. The predicted octanol–water partition coefficient (Wildman–Crippen LogP) is 6.35. The van der Waals surface area contributed by atoms with Crippen molar-refractivity contribution in [2.75, 3.05) is 0 Å². The zero-order chi connectivity index (χ0) is 22.4. The summed E-state index contributed by atoms with van der Waals surface area (Å²) in [5.74, 6) is -38.0. The Morgan fingerprint density at radius 2 is 0.926 bits per heavy atom. The highest BCUT2D eigenvalue weighted by Gasteiger charge is 2.82. The van der Waals surface area contributed by atoms with E-state index < -0.39 is 67.6 Å². The van der Waals surface area contributed by atoms with Crippen LogP contribution in [0, 0.1) is 5.92 Å². The maximum absolute atomic E-state index is 13.3. The molecule has 0 aliphatic rings. The molecule has 0 rings (SSSR count). The van der Waals surface area contributed by atoms with Crippen LogP contribution in [-0.2, 0) is 0 Å². The lowest BCUT2D eigenvalue weighted by Gasteiger charge is -2.37. The summed E-state index contributed by atoms with van der Waals surface area (Å²) in [6.45, 7) is -0.427. The molecule has 27 heavy (non-hydrogen) atoms. The van der Waals surface area contributed by atoms with E-state index in [0.29, 0.717) is 0 Å². The minimum Gasteiger partial charge on any atom is -0.241 e. The monoisotopic (exact) mass is 444 g/mol. The highest BCUT2D eigenvalue weighted by atomic mass is 19.4. The first kappa shape index (κ1) is 25.9. The van der Waals surface area contributed by atoms with E-state index in [9.17, 15) is 70.2 Å². The van der Waals surface area contributed by atoms with Crippen LogP contribution < -0.4 is 0 Å². The second-order valence-corrected chi connectivity index (χ2v) is 5.42. The zero-order valence-corrected chi connectivity index (χ0v) is 12.5. The number of alkyl halides is 16. The van der Waals surface area contributed by atoms with E-state index >= 15 is 0 Å². The quantitative estimate of drug-likeness (QED) is 0.383. The van der Waals surface area contributed by atoms with Crippen LogP contribution in [0.3, 0.4) is 0 Å². The highest BCUT2D eigenvalue weighted by molar-refractivity contribution is 5.03. The van der Waals surface area contributed by atoms with Crippen molar-refractivity contribution in [2.45, 2.75) is 61.7 Å². The van der Waals surface area contributed by atoms with E-state index in [1.54, 1.807) is 0 Å². The van der Waals surface area contributed by atoms with Crippen molar-refractivity contribution in [1.82, 2.24) is 0 Å². The molecule has 0 aliphatic carbocycles. The molecular formula is C11H8F16. The molecule has 0 N–H and O–H groups in total. The molecule has 0 aliphatic heterocycles. The zero-order valence-electron chi connectivity index (χ0n) is 12.5. The van der Waals surface area contributed by atoms with Gasteiger partial charge in [-0.05, 0) is 6.42 Å². The third-order valence-electron chi connectivity index (χ3n) is 3.46. The molecule has 164 valence electrons. The third kappa shape index (κ3) is 4.03. The average Bonchev–Trinajstić information content (AvgIpc) is 2.44. The first-order valence-electron chi connectivity index (χ1n) is 6.37. The van der Waals surface area contributed by atoms with Crippen LogP contribution >= 0.6 is 0 Å². The van der Waals surface area contributed by atoms with Gasteiger partial charge in [0.25, 0.3) is 0 Å². The molecule has 0 aromatic carbocycles. The Hall–Kier alpha value is -1.12. The van der Waals surface area contributed by atoms with Gasteiger partial charge in [-0.2, -0.15) is 57.1 Å². The molecule has 0 nitrogen and oxygen atoms in total. The lowest BCUT2D eigenvalue weighted by molar-refractivity contribution is -0.403. The van der Waals surface area contributed by atoms with Gasteiger partial charge in [0.2, 0.25) is 0 Å². The maximum atomic E-state index is 13.3. The molecule has 2 unspecified atom stereocenters. The van der Waals surface area contributed by atoms with E-state index in [2.05, 4.69) is 0 Å². The van der Waals surface area contributed by atoms with Crippen molar-refractivity contribution in [3.63, 3.8) is 0 Å². The number of halogens is 16. The Morgan fingerprint density at radius 3 is 1.22 bits per heavy atom. The summed E-state index contributed by atoms with van der Waals surface area (Å²) in [7, 11) is 0. The summed E-state index contributed by atoms with van der Waals surface area (Å²) in [4.78, 5) is 0. The van der Waals surface area contributed by atoms with Gasteiger partial charge in [0, 0.05) is 5.92 Å². The molecule has 0 radical (unpaired) electrons. The van der Waals surface area contributed by atoms with Crippen molar-refractivity contribution in [2.24, 2.45) is 5.92 Å². The van der Waals surface area contributed by atoms with Crippen molar-refractivity contribution >= 4 is 0 Å². The number of rotatable bonds is 8. The van der Waals surface area contributed by atoms with Crippen molar-refractivity contribution in [1.29, 1.82) is 0 Å². The SMILES string of the molecule is CC(CC(F)C(F)(F)C(F)(F)C(F)F)C(F)(F)C(F)(F)C(F)(F)C(F)(F)F. The molecule has 0 fully saturated rings. The Balaban J connectivity index is 5.77. The Bertz CT molecular complexity index is 503. The summed E-state index contributed by atoms with van der Waals surface area (Å²) in [5, 5.41) is 0. The molecule has 2 atom stereocenters. The summed E-state index contributed by atoms with van der Waals surface area (Å²) in [6, 6.07) is 0. The van der Waals surface area contributed by atoms with Crippen LogP contribution in [0.1, 0.15) is 13.3 Å². The molecule has 0 bridgehead atoms. The highest BCUT2D eigenvalue weighted by Crippen LogP contribution is 2.56. The minimum absolute atomic E-state index is 0.427. The minimum atomic E-state index is -7.42. The second kappa shape index (κ2) is 7.04. The van der Waals surface area contributed by atoms with Crippen LogP contribution in [-0.4, -0.2) is 48.4 Å². The van der Waals surface area contributed by atoms with Crippen LogP contribution in [0.2, 0.25) is 0 Å². The molecule has 0 spiro atoms. The standard InChI is InChI=1S/C11H8F16/c1-3(2-4(12)7(17,18)8(19,20)5(13)14)6(15,16)9(21,22)10(23,24)11(25,26)27/h3-5H,2H2,1H3. The van der Waals surface area contributed by atoms with Gasteiger partial charge in [-0.15, -0.1) is 0 Å². The Labute approximate surface area is 139 Å². The molecule has 0 aromatic rings. The Kier molecular flexibility index (Phi) is 6.75. The molecule has 0 saturated heterocycles. The molecule has 16 heteroatoms. The summed E-state index contributed by atoms with van der Waals surface area (Å²) in [6.07, 6.45) is -20.1. The van der Waals surface area contributed by atoms with Crippen molar-refractivity contribution in [3.05, 3.63) is 0 Å². The van der Waals surface area contributed by atoms with Crippen LogP contribution in [0.4, 0.5) is 70.2 Å². The van der Waals surface area contributed by atoms with E-state index in [4.69, 9.17) is 0 Å². The average molecular weight is 444 g/mol. The van der Waals surface area contributed by atoms with Gasteiger partial charge in [0.05, 0.1) is 0 Å². The van der Waals surface area contributed by atoms with E-state index in [-0.39, 0.29) is 0 Å². The lowest BCUT2D eigenvalue weighted by atomic mass is 9.87. The lowest BCUT2D eigenvalue weighted by Crippen LogP contribution is -2.63. The molecule has 0 amide bonds. The number of hydrogen-bond donors (Lipinski definition) is 0. The van der Waals surface area contributed by atoms with E-state index in [1.165, 1.54) is 0 Å². The van der Waals surface area contributed by atoms with Gasteiger partial charge in [-0.3, -0.25) is 0 Å². The fourth-order valence-corrected chi connectivity index (χ4v) is 1.66. The summed E-state index contributed by atoms with van der Waals surface area (Å²) < 4.78 is 201. The van der Waals surface area contributed by atoms with E-state index in [0.717, 1.165) is 0 Å². The van der Waals surface area contributed by atoms with Crippen LogP contribution in [0.25, 0.3) is 0 Å². The predicted molar refractivity (Wildman–Crippen MR) is 55.5 cm³/mol. The van der Waals surface area contributed by atoms with Gasteiger partial charge in [-0.25, -0.2) is 13.2 Å². The molecule has 0 aromatic heterocycles. The maximum Gasteiger partial charge on any atom is 0.460 e. The van der Waals surface area contributed by atoms with Gasteiger partial charge >= 0.3 is 42.2 Å². The smallest absolute Gasteiger partial charge is 0.241 e. The normalized spacial score (nSPS) is 18.0. The van der Waals surface area contributed by atoms with Gasteiger partial charge in [0.1, 0.15) is 0 Å². The first-order valence-corrected chi connectivity index (χ1v) is 6.37. The fourth-order valence-electron chi connectivity index (χ4n) is 1.66. The summed E-state index contributed by atoms with van der Waals surface area (Å²) >= 11 is 0. The van der Waals surface area contributed by atoms with Crippen LogP contribution in [0.5, 0.6) is 0 Å². The third-order valence-corrected chi connectivity index (χ3v) is 3.46. The van der Waals surface area contributed by atoms with Crippen molar-refractivity contribution in [3.8, 4) is 0 Å².